The molecule has 114 valence electrons. The number of rotatable bonds is 2. The highest BCUT2D eigenvalue weighted by Crippen LogP contribution is 2.35. The van der Waals surface area contributed by atoms with Gasteiger partial charge in [-0.05, 0) is 24.2 Å². The van der Waals surface area contributed by atoms with Gasteiger partial charge in [0.05, 0.1) is 6.20 Å². The van der Waals surface area contributed by atoms with Crippen molar-refractivity contribution < 1.29 is 0 Å². The van der Waals surface area contributed by atoms with Crippen molar-refractivity contribution in [1.82, 2.24) is 14.4 Å². The van der Waals surface area contributed by atoms with Crippen LogP contribution in [0.3, 0.4) is 0 Å². The fraction of sp³-hybridized carbons (Fsp3) is 0.625. The molecule has 0 spiro atoms. The molecule has 0 unspecified atom stereocenters. The second-order valence-corrected chi connectivity index (χ2v) is 6.99. The molecule has 2 aromatic heterocycles. The van der Waals surface area contributed by atoms with Crippen molar-refractivity contribution in [1.29, 1.82) is 0 Å². The standard InChI is InChI=1S/C16H25N5/c1-16(2,3)12-5-8-20(9-6-12)15-14-18-7-10-21(14)11-13(17-4)19-15/h7,10-12,17H,5-6,8-9H2,1-4H3. The molecule has 0 saturated carbocycles. The third kappa shape index (κ3) is 2.69. The minimum Gasteiger partial charge on any atom is -0.372 e. The van der Waals surface area contributed by atoms with E-state index in [0.29, 0.717) is 5.41 Å². The van der Waals surface area contributed by atoms with Crippen LogP contribution in [0, 0.1) is 11.3 Å². The van der Waals surface area contributed by atoms with E-state index in [1.54, 1.807) is 0 Å². The molecule has 0 atom stereocenters. The molecule has 0 bridgehead atoms. The van der Waals surface area contributed by atoms with Gasteiger partial charge in [0.15, 0.2) is 11.5 Å². The predicted molar refractivity (Wildman–Crippen MR) is 86.9 cm³/mol. The summed E-state index contributed by atoms with van der Waals surface area (Å²) >= 11 is 0. The fourth-order valence-corrected chi connectivity index (χ4v) is 3.21. The van der Waals surface area contributed by atoms with Gasteiger partial charge >= 0.3 is 0 Å². The summed E-state index contributed by atoms with van der Waals surface area (Å²) in [6, 6.07) is 0. The molecule has 2 aromatic rings. The summed E-state index contributed by atoms with van der Waals surface area (Å²) in [5.41, 5.74) is 1.35. The van der Waals surface area contributed by atoms with Crippen LogP contribution in [0.25, 0.3) is 5.65 Å². The van der Waals surface area contributed by atoms with Gasteiger partial charge in [-0.25, -0.2) is 9.97 Å². The number of fused-ring (bicyclic) bond motifs is 1. The van der Waals surface area contributed by atoms with Crippen LogP contribution < -0.4 is 10.2 Å². The van der Waals surface area contributed by atoms with Crippen LogP contribution in [0.2, 0.25) is 0 Å². The van der Waals surface area contributed by atoms with Gasteiger partial charge in [-0.2, -0.15) is 0 Å². The van der Waals surface area contributed by atoms with Crippen LogP contribution in [-0.2, 0) is 0 Å². The number of hydrogen-bond donors (Lipinski definition) is 1. The quantitative estimate of drug-likeness (QED) is 0.922. The van der Waals surface area contributed by atoms with Crippen molar-refractivity contribution in [2.45, 2.75) is 33.6 Å². The molecule has 1 aliphatic heterocycles. The molecule has 0 aromatic carbocycles. The second kappa shape index (κ2) is 5.20. The van der Waals surface area contributed by atoms with Gasteiger partial charge in [-0.3, -0.25) is 0 Å². The maximum Gasteiger partial charge on any atom is 0.180 e. The average Bonchev–Trinajstić information content (AvgIpc) is 2.93. The Balaban J connectivity index is 1.86. The number of hydrogen-bond acceptors (Lipinski definition) is 4. The Kier molecular flexibility index (Phi) is 3.51. The summed E-state index contributed by atoms with van der Waals surface area (Å²) in [4.78, 5) is 11.6. The third-order valence-corrected chi connectivity index (χ3v) is 4.63. The summed E-state index contributed by atoms with van der Waals surface area (Å²) < 4.78 is 2.05. The van der Waals surface area contributed by atoms with E-state index in [0.717, 1.165) is 36.3 Å². The first-order chi connectivity index (χ1) is 9.99. The number of aromatic nitrogens is 3. The summed E-state index contributed by atoms with van der Waals surface area (Å²) in [5, 5.41) is 3.14. The van der Waals surface area contributed by atoms with Crippen LogP contribution in [0.5, 0.6) is 0 Å². The van der Waals surface area contributed by atoms with Gasteiger partial charge in [0.25, 0.3) is 0 Å². The molecule has 0 radical (unpaired) electrons. The summed E-state index contributed by atoms with van der Waals surface area (Å²) in [7, 11) is 1.90. The lowest BCUT2D eigenvalue weighted by molar-refractivity contribution is 0.199. The fourth-order valence-electron chi connectivity index (χ4n) is 3.21. The first-order valence-electron chi connectivity index (χ1n) is 7.75. The number of nitrogens with one attached hydrogen (secondary N) is 1. The van der Waals surface area contributed by atoms with Crippen LogP contribution in [-0.4, -0.2) is 34.5 Å². The summed E-state index contributed by atoms with van der Waals surface area (Å²) in [6.45, 7) is 9.16. The van der Waals surface area contributed by atoms with E-state index in [-0.39, 0.29) is 0 Å². The molecule has 1 fully saturated rings. The lowest BCUT2D eigenvalue weighted by Crippen LogP contribution is -2.38. The van der Waals surface area contributed by atoms with E-state index in [1.165, 1.54) is 12.8 Å². The Morgan fingerprint density at radius 2 is 1.95 bits per heavy atom. The first-order valence-corrected chi connectivity index (χ1v) is 7.75. The van der Waals surface area contributed by atoms with Crippen molar-refractivity contribution in [3.05, 3.63) is 18.6 Å². The Morgan fingerprint density at radius 1 is 1.24 bits per heavy atom. The van der Waals surface area contributed by atoms with Crippen LogP contribution >= 0.6 is 0 Å². The predicted octanol–water partition coefficient (Wildman–Crippen LogP) is 3.03. The highest BCUT2D eigenvalue weighted by Gasteiger charge is 2.30. The van der Waals surface area contributed by atoms with E-state index in [2.05, 4.69) is 36.0 Å². The zero-order valence-electron chi connectivity index (χ0n) is 13.4. The van der Waals surface area contributed by atoms with Gasteiger partial charge in [-0.1, -0.05) is 20.8 Å². The SMILES string of the molecule is CNc1cn2ccnc2c(N2CCC(C(C)(C)C)CC2)n1. The smallest absolute Gasteiger partial charge is 0.180 e. The van der Waals surface area contributed by atoms with Crippen LogP contribution in [0.15, 0.2) is 18.6 Å². The van der Waals surface area contributed by atoms with Crippen molar-refractivity contribution in [3.63, 3.8) is 0 Å². The largest absolute Gasteiger partial charge is 0.372 e. The minimum absolute atomic E-state index is 0.398. The Labute approximate surface area is 126 Å². The van der Waals surface area contributed by atoms with E-state index in [1.807, 2.05) is 30.0 Å². The maximum absolute atomic E-state index is 4.73. The highest BCUT2D eigenvalue weighted by molar-refractivity contribution is 5.66. The van der Waals surface area contributed by atoms with E-state index in [4.69, 9.17) is 4.98 Å². The van der Waals surface area contributed by atoms with Crippen molar-refractivity contribution in [3.8, 4) is 0 Å². The third-order valence-electron chi connectivity index (χ3n) is 4.63. The van der Waals surface area contributed by atoms with Crippen LogP contribution in [0.1, 0.15) is 33.6 Å². The van der Waals surface area contributed by atoms with Crippen molar-refractivity contribution >= 4 is 17.3 Å². The van der Waals surface area contributed by atoms with Crippen molar-refractivity contribution in [2.75, 3.05) is 30.4 Å². The molecule has 3 rings (SSSR count). The molecule has 0 amide bonds. The van der Waals surface area contributed by atoms with E-state index in [9.17, 15) is 0 Å². The Bertz CT molecular complexity index is 617. The first kappa shape index (κ1) is 14.2. The average molecular weight is 287 g/mol. The molecule has 5 heteroatoms. The maximum atomic E-state index is 4.73. The van der Waals surface area contributed by atoms with Gasteiger partial charge in [0, 0.05) is 32.5 Å². The zero-order valence-corrected chi connectivity index (χ0v) is 13.4. The molecule has 1 saturated heterocycles. The minimum atomic E-state index is 0.398. The second-order valence-electron chi connectivity index (χ2n) is 6.99. The van der Waals surface area contributed by atoms with Gasteiger partial charge in [-0.15, -0.1) is 0 Å². The number of nitrogens with zero attached hydrogens (tertiary/aromatic N) is 4. The van der Waals surface area contributed by atoms with Crippen LogP contribution in [0.4, 0.5) is 11.6 Å². The number of imidazole rings is 1. The molecule has 21 heavy (non-hydrogen) atoms. The van der Waals surface area contributed by atoms with E-state index >= 15 is 0 Å². The number of anilines is 2. The lowest BCUT2D eigenvalue weighted by atomic mass is 9.75. The lowest BCUT2D eigenvalue weighted by Gasteiger charge is -2.39. The van der Waals surface area contributed by atoms with Crippen molar-refractivity contribution in [2.24, 2.45) is 11.3 Å². The molecule has 1 N–H and O–H groups in total. The normalized spacial score (nSPS) is 17.4. The monoisotopic (exact) mass is 287 g/mol. The molecule has 5 nitrogen and oxygen atoms in total. The molecular weight excluding hydrogens is 262 g/mol. The Morgan fingerprint density at radius 3 is 2.57 bits per heavy atom. The van der Waals surface area contributed by atoms with Gasteiger partial charge < -0.3 is 14.6 Å². The van der Waals surface area contributed by atoms with Gasteiger partial charge in [0.2, 0.25) is 0 Å². The molecular formula is C16H25N5. The molecule has 1 aliphatic rings. The highest BCUT2D eigenvalue weighted by atomic mass is 15.2. The Hall–Kier alpha value is -1.78. The van der Waals surface area contributed by atoms with Gasteiger partial charge in [0.1, 0.15) is 5.82 Å². The number of piperidine rings is 1. The van der Waals surface area contributed by atoms with E-state index < -0.39 is 0 Å². The summed E-state index contributed by atoms with van der Waals surface area (Å²) in [6.07, 6.45) is 8.24. The molecule has 0 aliphatic carbocycles. The molecule has 3 heterocycles. The zero-order chi connectivity index (χ0) is 15.0. The summed E-state index contributed by atoms with van der Waals surface area (Å²) in [5.74, 6) is 2.67. The topological polar surface area (TPSA) is 45.5 Å².